The maximum Gasteiger partial charge on any atom is 0.330 e. The van der Waals surface area contributed by atoms with Gasteiger partial charge in [0.05, 0.1) is 12.9 Å². The lowest BCUT2D eigenvalue weighted by atomic mass is 10.1. The van der Waals surface area contributed by atoms with Gasteiger partial charge in [-0.15, -0.1) is 0 Å². The first-order valence-corrected chi connectivity index (χ1v) is 11.3. The van der Waals surface area contributed by atoms with Crippen LogP contribution in [0.15, 0.2) is 23.5 Å². The molecule has 0 bridgehead atoms. The molecule has 0 radical (unpaired) electrons. The Bertz CT molecular complexity index is 400. The van der Waals surface area contributed by atoms with E-state index in [0.717, 1.165) is 25.7 Å². The van der Waals surface area contributed by atoms with E-state index in [2.05, 4.69) is 25.5 Å². The standard InChI is InChI=1S/C18H32O3Si/c1-5-22(6-2,7-3)21-17-14-11-13-16(17)12-9-8-10-15-18(19)20-4/h10,15H,5-9,11-14H2,1-4H3/b15-10+. The third-order valence-electron chi connectivity index (χ3n) is 4.85. The van der Waals surface area contributed by atoms with E-state index in [9.17, 15) is 4.79 Å². The number of allylic oxidation sites excluding steroid dienone is 3. The van der Waals surface area contributed by atoms with Crippen molar-refractivity contribution in [2.24, 2.45) is 0 Å². The molecule has 0 amide bonds. The number of methoxy groups -OCH3 is 1. The molecule has 0 atom stereocenters. The van der Waals surface area contributed by atoms with E-state index >= 15 is 0 Å². The summed E-state index contributed by atoms with van der Waals surface area (Å²) in [5, 5.41) is 0. The molecular weight excluding hydrogens is 292 g/mol. The Labute approximate surface area is 136 Å². The average Bonchev–Trinajstić information content (AvgIpc) is 2.99. The van der Waals surface area contributed by atoms with Crippen molar-refractivity contribution in [2.75, 3.05) is 7.11 Å². The van der Waals surface area contributed by atoms with Crippen LogP contribution in [0.25, 0.3) is 0 Å². The Morgan fingerprint density at radius 2 is 1.86 bits per heavy atom. The summed E-state index contributed by atoms with van der Waals surface area (Å²) in [6, 6.07) is 3.62. The van der Waals surface area contributed by atoms with Gasteiger partial charge in [-0.05, 0) is 55.8 Å². The van der Waals surface area contributed by atoms with Gasteiger partial charge in [-0.3, -0.25) is 0 Å². The zero-order chi connectivity index (χ0) is 16.4. The molecule has 0 spiro atoms. The molecule has 1 aliphatic rings. The number of carbonyl (C=O) groups excluding carboxylic acids is 1. The van der Waals surface area contributed by atoms with Crippen molar-refractivity contribution in [1.82, 2.24) is 0 Å². The first-order valence-electron chi connectivity index (χ1n) is 8.75. The van der Waals surface area contributed by atoms with Crippen molar-refractivity contribution < 1.29 is 14.0 Å². The summed E-state index contributed by atoms with van der Waals surface area (Å²) in [6.45, 7) is 6.85. The molecule has 4 heteroatoms. The molecule has 1 rings (SSSR count). The highest BCUT2D eigenvalue weighted by Crippen LogP contribution is 2.35. The third-order valence-corrected chi connectivity index (χ3v) is 9.40. The predicted octanol–water partition coefficient (Wildman–Crippen LogP) is 5.35. The van der Waals surface area contributed by atoms with E-state index in [1.165, 1.54) is 55.5 Å². The van der Waals surface area contributed by atoms with E-state index in [-0.39, 0.29) is 5.97 Å². The fourth-order valence-electron chi connectivity index (χ4n) is 3.07. The van der Waals surface area contributed by atoms with Gasteiger partial charge in [0.25, 0.3) is 0 Å². The van der Waals surface area contributed by atoms with E-state index in [4.69, 9.17) is 4.43 Å². The molecule has 0 aromatic rings. The predicted molar refractivity (Wildman–Crippen MR) is 94.2 cm³/mol. The summed E-state index contributed by atoms with van der Waals surface area (Å²) in [6.07, 6.45) is 10.1. The molecule has 126 valence electrons. The Morgan fingerprint density at radius 1 is 1.18 bits per heavy atom. The van der Waals surface area contributed by atoms with Gasteiger partial charge in [-0.1, -0.05) is 26.8 Å². The normalized spacial score (nSPS) is 15.6. The Kier molecular flexibility index (Phi) is 8.54. The zero-order valence-corrected chi connectivity index (χ0v) is 15.7. The van der Waals surface area contributed by atoms with Crippen molar-refractivity contribution in [3.8, 4) is 0 Å². The molecule has 1 aliphatic carbocycles. The first kappa shape index (κ1) is 19.0. The molecule has 0 aromatic carbocycles. The largest absolute Gasteiger partial charge is 0.547 e. The number of hydrogen-bond donors (Lipinski definition) is 0. The van der Waals surface area contributed by atoms with Gasteiger partial charge in [0.1, 0.15) is 0 Å². The van der Waals surface area contributed by atoms with E-state index < -0.39 is 8.32 Å². The molecule has 0 N–H and O–H groups in total. The van der Waals surface area contributed by atoms with Gasteiger partial charge in [-0.25, -0.2) is 4.79 Å². The number of rotatable bonds is 10. The van der Waals surface area contributed by atoms with Gasteiger partial charge < -0.3 is 9.16 Å². The minimum atomic E-state index is -1.53. The minimum Gasteiger partial charge on any atom is -0.547 e. The number of esters is 1. The van der Waals surface area contributed by atoms with Crippen LogP contribution >= 0.6 is 0 Å². The highest BCUT2D eigenvalue weighted by molar-refractivity contribution is 6.73. The number of unbranched alkanes of at least 4 members (excludes halogenated alkanes) is 1. The van der Waals surface area contributed by atoms with Gasteiger partial charge >= 0.3 is 5.97 Å². The topological polar surface area (TPSA) is 35.5 Å². The molecule has 0 aliphatic heterocycles. The summed E-state index contributed by atoms with van der Waals surface area (Å²) >= 11 is 0. The minimum absolute atomic E-state index is 0.270. The lowest BCUT2D eigenvalue weighted by Crippen LogP contribution is -2.35. The van der Waals surface area contributed by atoms with Crippen LogP contribution in [-0.4, -0.2) is 21.4 Å². The Hall–Kier alpha value is -1.03. The monoisotopic (exact) mass is 324 g/mol. The van der Waals surface area contributed by atoms with Crippen LogP contribution < -0.4 is 0 Å². The van der Waals surface area contributed by atoms with E-state index in [0.29, 0.717) is 0 Å². The van der Waals surface area contributed by atoms with E-state index in [1.807, 2.05) is 6.08 Å². The van der Waals surface area contributed by atoms with Crippen LogP contribution in [0.4, 0.5) is 0 Å². The van der Waals surface area contributed by atoms with Gasteiger partial charge in [0, 0.05) is 12.5 Å². The highest BCUT2D eigenvalue weighted by atomic mass is 28.4. The van der Waals surface area contributed by atoms with Gasteiger partial charge in [0.15, 0.2) is 0 Å². The Morgan fingerprint density at radius 3 is 2.45 bits per heavy atom. The molecule has 0 aromatic heterocycles. The van der Waals surface area contributed by atoms with Crippen molar-refractivity contribution in [2.45, 2.75) is 77.4 Å². The fourth-order valence-corrected chi connectivity index (χ4v) is 5.78. The number of carbonyl (C=O) groups is 1. The summed E-state index contributed by atoms with van der Waals surface area (Å²) in [4.78, 5) is 11.0. The van der Waals surface area contributed by atoms with Crippen LogP contribution in [0.5, 0.6) is 0 Å². The second-order valence-corrected chi connectivity index (χ2v) is 10.7. The molecule has 22 heavy (non-hydrogen) atoms. The van der Waals surface area contributed by atoms with Crippen molar-refractivity contribution >= 4 is 14.3 Å². The van der Waals surface area contributed by atoms with Crippen molar-refractivity contribution in [1.29, 1.82) is 0 Å². The quantitative estimate of drug-likeness (QED) is 0.235. The molecule has 0 heterocycles. The Balaban J connectivity index is 2.53. The third kappa shape index (κ3) is 5.63. The van der Waals surface area contributed by atoms with E-state index in [1.54, 1.807) is 0 Å². The summed E-state index contributed by atoms with van der Waals surface area (Å²) in [5.74, 6) is 1.04. The molecule has 0 fully saturated rings. The van der Waals surface area contributed by atoms with Crippen LogP contribution in [-0.2, 0) is 14.0 Å². The fraction of sp³-hybridized carbons (Fsp3) is 0.722. The molecule has 0 saturated carbocycles. The SMILES string of the molecule is CC[Si](CC)(CC)OC1=C(CCC/C=C/C(=O)OC)CCC1. The highest BCUT2D eigenvalue weighted by Gasteiger charge is 2.32. The lowest BCUT2D eigenvalue weighted by Gasteiger charge is -2.30. The number of ether oxygens (including phenoxy) is 1. The smallest absolute Gasteiger partial charge is 0.330 e. The molecule has 0 saturated heterocycles. The maximum absolute atomic E-state index is 11.0. The van der Waals surface area contributed by atoms with Crippen LogP contribution in [0, 0.1) is 0 Å². The molecule has 0 unspecified atom stereocenters. The summed E-state index contributed by atoms with van der Waals surface area (Å²) in [5.41, 5.74) is 1.53. The summed E-state index contributed by atoms with van der Waals surface area (Å²) < 4.78 is 11.2. The summed E-state index contributed by atoms with van der Waals surface area (Å²) in [7, 11) is -0.124. The molecular formula is C18H32O3Si. The number of hydrogen-bond acceptors (Lipinski definition) is 3. The maximum atomic E-state index is 11.0. The lowest BCUT2D eigenvalue weighted by molar-refractivity contribution is -0.134. The van der Waals surface area contributed by atoms with Crippen molar-refractivity contribution in [3.05, 3.63) is 23.5 Å². The second kappa shape index (κ2) is 9.88. The van der Waals surface area contributed by atoms with Crippen LogP contribution in [0.1, 0.15) is 59.3 Å². The zero-order valence-electron chi connectivity index (χ0n) is 14.7. The van der Waals surface area contributed by atoms with Gasteiger partial charge in [0.2, 0.25) is 8.32 Å². The van der Waals surface area contributed by atoms with Gasteiger partial charge in [-0.2, -0.15) is 0 Å². The average molecular weight is 325 g/mol. The molecule has 3 nitrogen and oxygen atoms in total. The van der Waals surface area contributed by atoms with Crippen molar-refractivity contribution in [3.63, 3.8) is 0 Å². The van der Waals surface area contributed by atoms with Crippen LogP contribution in [0.3, 0.4) is 0 Å². The second-order valence-electron chi connectivity index (χ2n) is 6.04. The van der Waals surface area contributed by atoms with Crippen LogP contribution in [0.2, 0.25) is 18.1 Å². The first-order chi connectivity index (χ1) is 10.6.